The molecule has 1 aromatic rings. The van der Waals surface area contributed by atoms with Crippen LogP contribution in [-0.2, 0) is 9.53 Å². The van der Waals surface area contributed by atoms with Gasteiger partial charge < -0.3 is 4.74 Å². The zero-order chi connectivity index (χ0) is 11.7. The Kier molecular flexibility index (Phi) is 4.62. The minimum absolute atomic E-state index is 0. The second-order valence-corrected chi connectivity index (χ2v) is 3.46. The molecule has 0 radical (unpaired) electrons. The quantitative estimate of drug-likeness (QED) is 0.350. The van der Waals surface area contributed by atoms with Crippen molar-refractivity contribution >= 4 is 17.5 Å². The van der Waals surface area contributed by atoms with Gasteiger partial charge in [-0.2, -0.15) is 0 Å². The van der Waals surface area contributed by atoms with Gasteiger partial charge in [0, 0.05) is 11.1 Å². The fourth-order valence-corrected chi connectivity index (χ4v) is 1.78. The summed E-state index contributed by atoms with van der Waals surface area (Å²) in [6.45, 7) is 1.79. The van der Waals surface area contributed by atoms with Gasteiger partial charge in [0.1, 0.15) is 0 Å². The number of carbonyl (C=O) groups is 3. The molecule has 0 spiro atoms. The van der Waals surface area contributed by atoms with Crippen molar-refractivity contribution < 1.29 is 48.7 Å². The first-order valence-corrected chi connectivity index (χ1v) is 5.01. The Morgan fingerprint density at radius 2 is 1.65 bits per heavy atom. The molecule has 2 rings (SSSR count). The molecular weight excluding hydrogens is 231 g/mol. The SMILES string of the molecule is CCOC(=O)C1C(=O)c2ccccc2C1=O.[Na+]. The van der Waals surface area contributed by atoms with Gasteiger partial charge in [0.25, 0.3) is 0 Å². The molecular formula is C12H10NaO4+. The maximum Gasteiger partial charge on any atom is 1.00 e. The Morgan fingerprint density at radius 3 is 2.06 bits per heavy atom. The fraction of sp³-hybridized carbons (Fsp3) is 0.250. The van der Waals surface area contributed by atoms with Crippen molar-refractivity contribution in [3.63, 3.8) is 0 Å². The van der Waals surface area contributed by atoms with Gasteiger partial charge in [-0.15, -0.1) is 0 Å². The second-order valence-electron chi connectivity index (χ2n) is 3.46. The minimum Gasteiger partial charge on any atom is -0.465 e. The molecule has 17 heavy (non-hydrogen) atoms. The summed E-state index contributed by atoms with van der Waals surface area (Å²) in [5, 5.41) is 0. The molecule has 0 aliphatic heterocycles. The first-order chi connectivity index (χ1) is 7.66. The maximum atomic E-state index is 11.8. The molecule has 1 aromatic carbocycles. The number of rotatable bonds is 2. The smallest absolute Gasteiger partial charge is 0.465 e. The van der Waals surface area contributed by atoms with Gasteiger partial charge in [-0.05, 0) is 6.92 Å². The number of hydrogen-bond donors (Lipinski definition) is 0. The Morgan fingerprint density at radius 1 is 1.18 bits per heavy atom. The molecule has 0 unspecified atom stereocenters. The van der Waals surface area contributed by atoms with Crippen molar-refractivity contribution in [3.05, 3.63) is 35.4 Å². The van der Waals surface area contributed by atoms with Crippen LogP contribution >= 0.6 is 0 Å². The first kappa shape index (κ1) is 14.1. The summed E-state index contributed by atoms with van der Waals surface area (Å²) in [4.78, 5) is 35.1. The molecule has 1 aliphatic rings. The molecule has 5 heteroatoms. The van der Waals surface area contributed by atoms with E-state index in [1.807, 2.05) is 0 Å². The summed E-state index contributed by atoms with van der Waals surface area (Å²) in [6, 6.07) is 6.43. The zero-order valence-electron chi connectivity index (χ0n) is 9.73. The van der Waals surface area contributed by atoms with Crippen LogP contribution in [0.5, 0.6) is 0 Å². The molecule has 0 saturated heterocycles. The van der Waals surface area contributed by atoms with Crippen LogP contribution in [0.25, 0.3) is 0 Å². The first-order valence-electron chi connectivity index (χ1n) is 5.01. The summed E-state index contributed by atoms with van der Waals surface area (Å²) < 4.78 is 4.72. The van der Waals surface area contributed by atoms with Gasteiger partial charge in [0.15, 0.2) is 17.5 Å². The topological polar surface area (TPSA) is 60.4 Å². The number of Topliss-reactive ketones (excluding diaryl/α,β-unsaturated/α-hetero) is 2. The van der Waals surface area contributed by atoms with Gasteiger partial charge in [-0.1, -0.05) is 24.3 Å². The van der Waals surface area contributed by atoms with Crippen LogP contribution < -0.4 is 29.6 Å². The number of fused-ring (bicyclic) bond motifs is 1. The van der Waals surface area contributed by atoms with E-state index in [2.05, 4.69) is 0 Å². The van der Waals surface area contributed by atoms with Gasteiger partial charge >= 0.3 is 35.5 Å². The van der Waals surface area contributed by atoms with Crippen LogP contribution in [0.4, 0.5) is 0 Å². The summed E-state index contributed by atoms with van der Waals surface area (Å²) in [5.74, 6) is -2.97. The largest absolute Gasteiger partial charge is 1.00 e. The third-order valence-corrected chi connectivity index (χ3v) is 2.50. The summed E-state index contributed by atoms with van der Waals surface area (Å²) in [5.41, 5.74) is 0.621. The third kappa shape index (κ3) is 2.34. The van der Waals surface area contributed by atoms with E-state index in [0.29, 0.717) is 11.1 Å². The van der Waals surface area contributed by atoms with E-state index in [4.69, 9.17) is 4.74 Å². The Hall–Kier alpha value is -0.970. The van der Waals surface area contributed by atoms with Crippen molar-refractivity contribution in [1.82, 2.24) is 0 Å². The van der Waals surface area contributed by atoms with Crippen LogP contribution in [0, 0.1) is 5.92 Å². The molecule has 0 heterocycles. The number of benzene rings is 1. The molecule has 0 N–H and O–H groups in total. The van der Waals surface area contributed by atoms with Crippen LogP contribution in [-0.4, -0.2) is 24.1 Å². The monoisotopic (exact) mass is 241 g/mol. The van der Waals surface area contributed by atoms with Gasteiger partial charge in [-0.3, -0.25) is 14.4 Å². The summed E-state index contributed by atoms with van der Waals surface area (Å²) >= 11 is 0. The standard InChI is InChI=1S/C12H10O4.Na/c1-2-16-12(15)9-10(13)7-5-3-4-6-8(7)11(9)14;/h3-6,9H,2H2,1H3;/q;+1. The predicted molar refractivity (Wildman–Crippen MR) is 55.2 cm³/mol. The predicted octanol–water partition coefficient (Wildman–Crippen LogP) is -1.75. The molecule has 0 aromatic heterocycles. The minimum atomic E-state index is -1.29. The number of hydrogen-bond acceptors (Lipinski definition) is 4. The van der Waals surface area contributed by atoms with E-state index in [1.165, 1.54) is 0 Å². The van der Waals surface area contributed by atoms with Crippen molar-refractivity contribution in [2.24, 2.45) is 5.92 Å². The number of carbonyl (C=O) groups excluding carboxylic acids is 3. The maximum absolute atomic E-state index is 11.8. The number of ketones is 2. The van der Waals surface area contributed by atoms with E-state index in [0.717, 1.165) is 0 Å². The fourth-order valence-electron chi connectivity index (χ4n) is 1.78. The van der Waals surface area contributed by atoms with Gasteiger partial charge in [-0.25, -0.2) is 0 Å². The average molecular weight is 241 g/mol. The van der Waals surface area contributed by atoms with E-state index < -0.39 is 23.5 Å². The van der Waals surface area contributed by atoms with Crippen LogP contribution in [0.3, 0.4) is 0 Å². The number of ether oxygens (including phenoxy) is 1. The van der Waals surface area contributed by atoms with E-state index in [-0.39, 0.29) is 36.2 Å². The molecule has 1 aliphatic carbocycles. The van der Waals surface area contributed by atoms with Gasteiger partial charge in [0.2, 0.25) is 0 Å². The van der Waals surface area contributed by atoms with E-state index in [9.17, 15) is 14.4 Å². The Bertz CT molecular complexity index is 446. The Balaban J connectivity index is 0.00000144. The molecule has 0 fully saturated rings. The molecule has 0 bridgehead atoms. The van der Waals surface area contributed by atoms with E-state index >= 15 is 0 Å². The molecule has 0 amide bonds. The van der Waals surface area contributed by atoms with Crippen molar-refractivity contribution in [3.8, 4) is 0 Å². The molecule has 82 valence electrons. The van der Waals surface area contributed by atoms with Crippen LogP contribution in [0.15, 0.2) is 24.3 Å². The molecule has 0 atom stereocenters. The van der Waals surface area contributed by atoms with Crippen molar-refractivity contribution in [1.29, 1.82) is 0 Å². The average Bonchev–Trinajstić information content (AvgIpc) is 2.53. The van der Waals surface area contributed by atoms with Crippen molar-refractivity contribution in [2.75, 3.05) is 6.61 Å². The number of esters is 1. The van der Waals surface area contributed by atoms with E-state index in [1.54, 1.807) is 31.2 Å². The van der Waals surface area contributed by atoms with Crippen molar-refractivity contribution in [2.45, 2.75) is 6.92 Å². The summed E-state index contributed by atoms with van der Waals surface area (Å²) in [7, 11) is 0. The van der Waals surface area contributed by atoms with Gasteiger partial charge in [0.05, 0.1) is 6.61 Å². The second kappa shape index (κ2) is 5.58. The zero-order valence-corrected chi connectivity index (χ0v) is 11.7. The third-order valence-electron chi connectivity index (χ3n) is 2.50. The summed E-state index contributed by atoms with van der Waals surface area (Å²) in [6.07, 6.45) is 0. The van der Waals surface area contributed by atoms with Crippen LogP contribution in [0.2, 0.25) is 0 Å². The molecule has 4 nitrogen and oxygen atoms in total. The normalized spacial score (nSPS) is 14.2. The Labute approximate surface area is 121 Å². The van der Waals surface area contributed by atoms with Crippen LogP contribution in [0.1, 0.15) is 27.6 Å². The molecule has 0 saturated carbocycles.